The molecule has 0 saturated heterocycles. The van der Waals surface area contributed by atoms with Gasteiger partial charge in [-0.25, -0.2) is 4.98 Å². The molecule has 1 atom stereocenters. The molecule has 0 bridgehead atoms. The van der Waals surface area contributed by atoms with Gasteiger partial charge in [-0.1, -0.05) is 73.7 Å². The van der Waals surface area contributed by atoms with Crippen molar-refractivity contribution in [1.29, 1.82) is 5.26 Å². The molecule has 0 aliphatic carbocycles. The van der Waals surface area contributed by atoms with Crippen LogP contribution in [0.2, 0.25) is 0 Å². The number of imidazole rings is 1. The Balaban J connectivity index is 1.33. The first-order valence-corrected chi connectivity index (χ1v) is 15.5. The van der Waals surface area contributed by atoms with Gasteiger partial charge in [0.15, 0.2) is 5.11 Å². The molecule has 8 heteroatoms. The quantitative estimate of drug-likeness (QED) is 0.156. The number of anilines is 1. The van der Waals surface area contributed by atoms with Crippen LogP contribution in [0.3, 0.4) is 0 Å². The molecule has 2 N–H and O–H groups in total. The van der Waals surface area contributed by atoms with Gasteiger partial charge in [0.05, 0.1) is 29.9 Å². The van der Waals surface area contributed by atoms with Crippen LogP contribution >= 0.6 is 12.2 Å². The van der Waals surface area contributed by atoms with Crippen LogP contribution in [0.4, 0.5) is 5.69 Å². The lowest BCUT2D eigenvalue weighted by atomic mass is 9.96. The molecule has 45 heavy (non-hydrogen) atoms. The minimum Gasteiger partial charge on any atom is -0.349 e. The summed E-state index contributed by atoms with van der Waals surface area (Å²) in [4.78, 5) is 20.0. The zero-order chi connectivity index (χ0) is 31.8. The van der Waals surface area contributed by atoms with Gasteiger partial charge in [-0.05, 0) is 84.2 Å². The predicted octanol–water partition coefficient (Wildman–Crippen LogP) is 6.99. The number of nitrogens with zero attached hydrogens (tertiary/aromatic N) is 4. The predicted molar refractivity (Wildman–Crippen MR) is 185 cm³/mol. The molecule has 1 unspecified atom stereocenters. The monoisotopic (exact) mass is 614 g/mol. The van der Waals surface area contributed by atoms with E-state index in [1.807, 2.05) is 34.9 Å². The molecular weight excluding hydrogens is 577 g/mol. The molecule has 228 valence electrons. The van der Waals surface area contributed by atoms with Crippen LogP contribution in [0.15, 0.2) is 104 Å². The van der Waals surface area contributed by atoms with E-state index < -0.39 is 5.54 Å². The lowest BCUT2D eigenvalue weighted by molar-refractivity contribution is -0.122. The Hall–Kier alpha value is -5.00. The fourth-order valence-electron chi connectivity index (χ4n) is 5.49. The van der Waals surface area contributed by atoms with Gasteiger partial charge in [0.25, 0.3) is 0 Å². The Morgan fingerprint density at radius 2 is 1.80 bits per heavy atom. The van der Waals surface area contributed by atoms with E-state index in [1.54, 1.807) is 24.7 Å². The number of thiocarbonyl (C=S) groups is 1. The topological polar surface area (TPSA) is 86.0 Å². The van der Waals surface area contributed by atoms with Crippen LogP contribution in [0, 0.1) is 18.3 Å². The fourth-order valence-corrected chi connectivity index (χ4v) is 5.73. The third-order valence-corrected chi connectivity index (χ3v) is 8.50. The summed E-state index contributed by atoms with van der Waals surface area (Å²) in [5, 5.41) is 18.8. The number of aryl methyl sites for hydroxylation is 1. The van der Waals surface area contributed by atoms with Crippen LogP contribution in [-0.4, -0.2) is 37.6 Å². The largest absolute Gasteiger partial charge is 0.349 e. The minimum atomic E-state index is -0.558. The lowest BCUT2D eigenvalue weighted by Gasteiger charge is -2.37. The van der Waals surface area contributed by atoms with E-state index in [-0.39, 0.29) is 12.3 Å². The number of rotatable bonds is 11. The fraction of sp³-hybridized carbons (Fsp3) is 0.243. The van der Waals surface area contributed by atoms with Crippen molar-refractivity contribution in [3.05, 3.63) is 131 Å². The maximum absolute atomic E-state index is 13.5. The van der Waals surface area contributed by atoms with Crippen molar-refractivity contribution in [3.63, 3.8) is 0 Å². The van der Waals surface area contributed by atoms with Crippen LogP contribution in [-0.2, 0) is 24.3 Å². The Morgan fingerprint density at radius 3 is 2.56 bits per heavy atom. The molecule has 0 spiro atoms. The number of fused-ring (bicyclic) bond motifs is 1. The van der Waals surface area contributed by atoms with E-state index in [4.69, 9.17) is 17.5 Å². The molecule has 7 nitrogen and oxygen atoms in total. The van der Waals surface area contributed by atoms with Gasteiger partial charge in [-0.15, -0.1) is 0 Å². The Labute approximate surface area is 270 Å². The van der Waals surface area contributed by atoms with Gasteiger partial charge in [0.2, 0.25) is 5.91 Å². The second-order valence-corrected chi connectivity index (χ2v) is 12.1. The second-order valence-electron chi connectivity index (χ2n) is 11.8. The van der Waals surface area contributed by atoms with Crippen LogP contribution in [0.1, 0.15) is 48.2 Å². The van der Waals surface area contributed by atoms with E-state index in [9.17, 15) is 4.79 Å². The summed E-state index contributed by atoms with van der Waals surface area (Å²) in [6.07, 6.45) is 4.38. The Bertz CT molecular complexity index is 1830. The van der Waals surface area contributed by atoms with Crippen LogP contribution in [0.25, 0.3) is 10.8 Å². The minimum absolute atomic E-state index is 0.0800. The van der Waals surface area contributed by atoms with Crippen molar-refractivity contribution in [2.45, 2.75) is 52.2 Å². The molecule has 0 saturated carbocycles. The summed E-state index contributed by atoms with van der Waals surface area (Å²) < 4.78 is 1.97. The van der Waals surface area contributed by atoms with Crippen molar-refractivity contribution >= 4 is 39.7 Å². The SMILES string of the molecule is CCC(C)(CN(Cc1cccc2ccccc12)C(=S)Nc1cccc(C)c1)NC(=O)Cc1cncn1Cc1ccc(C#N)cc1. The van der Waals surface area contributed by atoms with E-state index in [0.717, 1.165) is 28.1 Å². The highest BCUT2D eigenvalue weighted by Crippen LogP contribution is 2.23. The van der Waals surface area contributed by atoms with Crippen LogP contribution in [0.5, 0.6) is 0 Å². The number of nitriles is 1. The number of hydrogen-bond donors (Lipinski definition) is 2. The number of hydrogen-bond acceptors (Lipinski definition) is 4. The van der Waals surface area contributed by atoms with E-state index in [0.29, 0.717) is 36.7 Å². The first-order valence-electron chi connectivity index (χ1n) is 15.1. The first-order chi connectivity index (χ1) is 21.7. The summed E-state index contributed by atoms with van der Waals surface area (Å²) >= 11 is 6.01. The summed E-state index contributed by atoms with van der Waals surface area (Å²) in [7, 11) is 0. The zero-order valence-electron chi connectivity index (χ0n) is 26.0. The summed E-state index contributed by atoms with van der Waals surface area (Å²) in [6, 6.07) is 32.5. The average molecular weight is 615 g/mol. The van der Waals surface area contributed by atoms with Crippen molar-refractivity contribution in [2.75, 3.05) is 11.9 Å². The molecule has 4 aromatic carbocycles. The van der Waals surface area contributed by atoms with Gasteiger partial charge in [-0.2, -0.15) is 5.26 Å². The van der Waals surface area contributed by atoms with Crippen molar-refractivity contribution in [2.24, 2.45) is 0 Å². The van der Waals surface area contributed by atoms with Crippen molar-refractivity contribution in [1.82, 2.24) is 19.8 Å². The molecule has 5 aromatic rings. The second kappa shape index (κ2) is 14.2. The Kier molecular flexibility index (Phi) is 9.91. The highest BCUT2D eigenvalue weighted by Gasteiger charge is 2.29. The highest BCUT2D eigenvalue weighted by atomic mass is 32.1. The molecule has 1 aromatic heterocycles. The molecule has 0 aliphatic heterocycles. The van der Waals surface area contributed by atoms with Gasteiger partial charge in [0, 0.05) is 37.2 Å². The van der Waals surface area contributed by atoms with E-state index in [2.05, 4.69) is 95.9 Å². The van der Waals surface area contributed by atoms with Gasteiger partial charge >= 0.3 is 0 Å². The summed E-state index contributed by atoms with van der Waals surface area (Å²) in [5.74, 6) is -0.0800. The summed E-state index contributed by atoms with van der Waals surface area (Å²) in [6.45, 7) is 7.88. The lowest BCUT2D eigenvalue weighted by Crippen LogP contribution is -2.55. The van der Waals surface area contributed by atoms with E-state index in [1.165, 1.54) is 10.8 Å². The third-order valence-electron chi connectivity index (χ3n) is 8.14. The number of carbonyl (C=O) groups excluding carboxylic acids is 1. The number of benzene rings is 4. The third kappa shape index (κ3) is 8.14. The number of aromatic nitrogens is 2. The molecule has 1 amide bonds. The normalized spacial score (nSPS) is 12.2. The Morgan fingerprint density at radius 1 is 1.04 bits per heavy atom. The van der Waals surface area contributed by atoms with Gasteiger partial charge in [0.1, 0.15) is 0 Å². The smallest absolute Gasteiger partial charge is 0.226 e. The average Bonchev–Trinajstić information content (AvgIpc) is 3.47. The first kappa shape index (κ1) is 31.4. The van der Waals surface area contributed by atoms with Crippen LogP contribution < -0.4 is 10.6 Å². The zero-order valence-corrected chi connectivity index (χ0v) is 26.8. The molecular formula is C37H38N6OS. The molecule has 0 aliphatic rings. The number of carbonyl (C=O) groups is 1. The van der Waals surface area contributed by atoms with Crippen molar-refractivity contribution in [3.8, 4) is 6.07 Å². The highest BCUT2D eigenvalue weighted by molar-refractivity contribution is 7.80. The molecule has 0 fully saturated rings. The number of amides is 1. The van der Waals surface area contributed by atoms with Gasteiger partial charge in [-0.3, -0.25) is 4.79 Å². The molecule has 0 radical (unpaired) electrons. The van der Waals surface area contributed by atoms with E-state index >= 15 is 0 Å². The standard InChI is InChI=1S/C37H38N6OS/c1-4-37(3,41-35(44)20-33-22-39-26-43(33)23-29-17-15-28(21-38)16-18-29)25-42(36(45)40-32-13-7-9-27(2)19-32)24-31-12-8-11-30-10-5-6-14-34(30)31/h5-19,22,26H,4,20,23-25H2,1-3H3,(H,40,45)(H,41,44). The van der Waals surface area contributed by atoms with Gasteiger partial charge < -0.3 is 20.1 Å². The number of nitrogens with one attached hydrogen (secondary N) is 2. The molecule has 5 rings (SSSR count). The summed E-state index contributed by atoms with van der Waals surface area (Å²) in [5.41, 5.74) is 5.15. The van der Waals surface area contributed by atoms with Crippen molar-refractivity contribution < 1.29 is 4.79 Å². The maximum Gasteiger partial charge on any atom is 0.226 e. The maximum atomic E-state index is 13.5. The molecule has 1 heterocycles.